The van der Waals surface area contributed by atoms with Crippen molar-refractivity contribution in [1.29, 1.82) is 0 Å². The maximum Gasteiger partial charge on any atom is -0.0128 e. The van der Waals surface area contributed by atoms with Crippen LogP contribution < -0.4 is 0 Å². The van der Waals surface area contributed by atoms with Crippen molar-refractivity contribution in [2.75, 3.05) is 0 Å². The molecule has 0 aliphatic heterocycles. The summed E-state index contributed by atoms with van der Waals surface area (Å²) in [5.74, 6) is 0.652. The molecule has 1 rings (SSSR count). The quantitative estimate of drug-likeness (QED) is 0.593. The van der Waals surface area contributed by atoms with Crippen LogP contribution in [0.4, 0.5) is 0 Å². The molecule has 0 amide bonds. The highest BCUT2D eigenvalue weighted by atomic mass is 14.1. The Morgan fingerprint density at radius 2 is 1.73 bits per heavy atom. The number of rotatable bonds is 4. The summed E-state index contributed by atoms with van der Waals surface area (Å²) in [7, 11) is 0. The normalized spacial score (nSPS) is 11.2. The van der Waals surface area contributed by atoms with E-state index < -0.39 is 0 Å². The van der Waals surface area contributed by atoms with Crippen molar-refractivity contribution >= 4 is 0 Å². The van der Waals surface area contributed by atoms with Gasteiger partial charge in [-0.3, -0.25) is 0 Å². The molecule has 1 aromatic rings. The predicted molar refractivity (Wildman–Crippen MR) is 70.3 cm³/mol. The second-order valence-corrected chi connectivity index (χ2v) is 3.68. The standard InChI is InChI=1S/C13H18.C2H6/c1-4-12(10-11(2)3)13-8-6-5-7-9-13;1-2/h5-9,12H,2,4,10H2,1,3H3;1-2H3/t12-;/m0./s1. The van der Waals surface area contributed by atoms with E-state index in [4.69, 9.17) is 0 Å². The molecule has 0 aliphatic rings. The van der Waals surface area contributed by atoms with E-state index in [1.54, 1.807) is 0 Å². The SMILES string of the molecule is C=C(C)C[C@H](CC)c1ccccc1.CC. The molecule has 15 heavy (non-hydrogen) atoms. The molecule has 0 spiro atoms. The van der Waals surface area contributed by atoms with Gasteiger partial charge < -0.3 is 0 Å². The van der Waals surface area contributed by atoms with Gasteiger partial charge in [-0.1, -0.05) is 56.7 Å². The Morgan fingerprint density at radius 3 is 2.13 bits per heavy atom. The molecule has 0 saturated heterocycles. The van der Waals surface area contributed by atoms with Gasteiger partial charge in [0, 0.05) is 0 Å². The van der Waals surface area contributed by atoms with E-state index in [1.165, 1.54) is 17.6 Å². The Hall–Kier alpha value is -1.04. The van der Waals surface area contributed by atoms with E-state index in [1.807, 2.05) is 13.8 Å². The summed E-state index contributed by atoms with van der Waals surface area (Å²) in [6, 6.07) is 10.7. The molecule has 1 aromatic carbocycles. The lowest BCUT2D eigenvalue weighted by Gasteiger charge is -2.14. The summed E-state index contributed by atoms with van der Waals surface area (Å²) >= 11 is 0. The Bertz CT molecular complexity index is 259. The fraction of sp³-hybridized carbons (Fsp3) is 0.467. The number of benzene rings is 1. The van der Waals surface area contributed by atoms with Crippen molar-refractivity contribution in [3.8, 4) is 0 Å². The molecule has 0 heteroatoms. The van der Waals surface area contributed by atoms with Crippen LogP contribution in [0.25, 0.3) is 0 Å². The third kappa shape index (κ3) is 5.41. The van der Waals surface area contributed by atoms with Gasteiger partial charge in [0.2, 0.25) is 0 Å². The number of allylic oxidation sites excluding steroid dienone is 1. The molecule has 0 unspecified atom stereocenters. The highest BCUT2D eigenvalue weighted by molar-refractivity contribution is 5.20. The van der Waals surface area contributed by atoms with Crippen LogP contribution in [0.1, 0.15) is 52.0 Å². The summed E-state index contributed by atoms with van der Waals surface area (Å²) < 4.78 is 0. The van der Waals surface area contributed by atoms with Crippen molar-refractivity contribution in [3.05, 3.63) is 48.0 Å². The summed E-state index contributed by atoms with van der Waals surface area (Å²) in [5.41, 5.74) is 2.71. The van der Waals surface area contributed by atoms with E-state index in [-0.39, 0.29) is 0 Å². The summed E-state index contributed by atoms with van der Waals surface area (Å²) in [6.45, 7) is 12.3. The lowest BCUT2D eigenvalue weighted by Crippen LogP contribution is -1.97. The van der Waals surface area contributed by atoms with Crippen LogP contribution >= 0.6 is 0 Å². The average Bonchev–Trinajstić information content (AvgIpc) is 2.29. The van der Waals surface area contributed by atoms with E-state index >= 15 is 0 Å². The maximum atomic E-state index is 3.97. The monoisotopic (exact) mass is 204 g/mol. The highest BCUT2D eigenvalue weighted by Gasteiger charge is 2.07. The number of hydrogen-bond acceptors (Lipinski definition) is 0. The molecule has 0 aromatic heterocycles. The van der Waals surface area contributed by atoms with Crippen molar-refractivity contribution in [1.82, 2.24) is 0 Å². The Labute approximate surface area is 95.0 Å². The summed E-state index contributed by atoms with van der Waals surface area (Å²) in [6.07, 6.45) is 2.30. The van der Waals surface area contributed by atoms with Gasteiger partial charge in [0.05, 0.1) is 0 Å². The van der Waals surface area contributed by atoms with Gasteiger partial charge in [-0.2, -0.15) is 0 Å². The van der Waals surface area contributed by atoms with Gasteiger partial charge in [-0.15, -0.1) is 6.58 Å². The van der Waals surface area contributed by atoms with Gasteiger partial charge in [0.15, 0.2) is 0 Å². The molecule has 0 aliphatic carbocycles. The highest BCUT2D eigenvalue weighted by Crippen LogP contribution is 2.25. The fourth-order valence-corrected chi connectivity index (χ4v) is 1.64. The van der Waals surface area contributed by atoms with Gasteiger partial charge in [0.25, 0.3) is 0 Å². The first-order chi connectivity index (χ1) is 7.24. The second-order valence-electron chi connectivity index (χ2n) is 3.68. The summed E-state index contributed by atoms with van der Waals surface area (Å²) in [5, 5.41) is 0. The summed E-state index contributed by atoms with van der Waals surface area (Å²) in [4.78, 5) is 0. The van der Waals surface area contributed by atoms with Crippen LogP contribution in [-0.4, -0.2) is 0 Å². The Balaban J connectivity index is 0.000000921. The smallest absolute Gasteiger partial charge is 0.0128 e. The first kappa shape index (κ1) is 14.0. The zero-order valence-electron chi connectivity index (χ0n) is 10.6. The fourth-order valence-electron chi connectivity index (χ4n) is 1.64. The molecule has 0 heterocycles. The van der Waals surface area contributed by atoms with Gasteiger partial charge in [0.1, 0.15) is 0 Å². The third-order valence-corrected chi connectivity index (χ3v) is 2.36. The Morgan fingerprint density at radius 1 is 1.20 bits per heavy atom. The topological polar surface area (TPSA) is 0 Å². The van der Waals surface area contributed by atoms with Crippen molar-refractivity contribution < 1.29 is 0 Å². The van der Waals surface area contributed by atoms with E-state index in [0.717, 1.165) is 6.42 Å². The van der Waals surface area contributed by atoms with Gasteiger partial charge >= 0.3 is 0 Å². The van der Waals surface area contributed by atoms with Crippen LogP contribution in [0.5, 0.6) is 0 Å². The van der Waals surface area contributed by atoms with Crippen molar-refractivity contribution in [3.63, 3.8) is 0 Å². The predicted octanol–water partition coefficient (Wildman–Crippen LogP) is 5.17. The molecule has 0 fully saturated rings. The minimum absolute atomic E-state index is 0.652. The minimum Gasteiger partial charge on any atom is -0.100 e. The first-order valence-corrected chi connectivity index (χ1v) is 5.93. The van der Waals surface area contributed by atoms with Crippen molar-refractivity contribution in [2.24, 2.45) is 0 Å². The van der Waals surface area contributed by atoms with Gasteiger partial charge in [-0.05, 0) is 31.2 Å². The average molecular weight is 204 g/mol. The van der Waals surface area contributed by atoms with E-state index in [0.29, 0.717) is 5.92 Å². The third-order valence-electron chi connectivity index (χ3n) is 2.36. The van der Waals surface area contributed by atoms with E-state index in [9.17, 15) is 0 Å². The van der Waals surface area contributed by atoms with Crippen LogP contribution in [0, 0.1) is 0 Å². The lowest BCUT2D eigenvalue weighted by atomic mass is 9.91. The first-order valence-electron chi connectivity index (χ1n) is 5.93. The largest absolute Gasteiger partial charge is 0.100 e. The van der Waals surface area contributed by atoms with Crippen LogP contribution in [0.2, 0.25) is 0 Å². The zero-order chi connectivity index (χ0) is 11.7. The van der Waals surface area contributed by atoms with Crippen LogP contribution in [0.15, 0.2) is 42.5 Å². The molecule has 0 saturated carbocycles. The molecule has 0 nitrogen and oxygen atoms in total. The maximum absolute atomic E-state index is 3.97. The molecule has 1 atom stereocenters. The molecule has 0 N–H and O–H groups in total. The molecular formula is C15H24. The number of hydrogen-bond donors (Lipinski definition) is 0. The van der Waals surface area contributed by atoms with Gasteiger partial charge in [-0.25, -0.2) is 0 Å². The zero-order valence-corrected chi connectivity index (χ0v) is 10.6. The van der Waals surface area contributed by atoms with E-state index in [2.05, 4.69) is 50.8 Å². The second kappa shape index (κ2) is 8.28. The molecule has 0 bridgehead atoms. The molecular weight excluding hydrogens is 180 g/mol. The van der Waals surface area contributed by atoms with Crippen molar-refractivity contribution in [2.45, 2.75) is 46.5 Å². The lowest BCUT2D eigenvalue weighted by molar-refractivity contribution is 0.657. The molecule has 84 valence electrons. The Kier molecular flexibility index (Phi) is 7.71. The molecule has 0 radical (unpaired) electrons. The van der Waals surface area contributed by atoms with Crippen LogP contribution in [0.3, 0.4) is 0 Å². The van der Waals surface area contributed by atoms with Crippen LogP contribution in [-0.2, 0) is 0 Å². The minimum atomic E-state index is 0.652.